The van der Waals surface area contributed by atoms with Gasteiger partial charge in [0.1, 0.15) is 35.5 Å². The number of anilines is 1. The van der Waals surface area contributed by atoms with Crippen molar-refractivity contribution in [2.45, 2.75) is 37.1 Å². The average molecular weight is 695 g/mol. The highest BCUT2D eigenvalue weighted by atomic mass is 32.7. The van der Waals surface area contributed by atoms with Crippen molar-refractivity contribution in [3.8, 4) is 0 Å². The predicted octanol–water partition coefficient (Wildman–Crippen LogP) is 2.60. The second-order valence-corrected chi connectivity index (χ2v) is 14.9. The van der Waals surface area contributed by atoms with Gasteiger partial charge in [-0.3, -0.25) is 18.4 Å². The monoisotopic (exact) mass is 694 g/mol. The van der Waals surface area contributed by atoms with E-state index >= 15 is 4.39 Å². The third-order valence-electron chi connectivity index (χ3n) is 8.49. The van der Waals surface area contributed by atoms with Crippen LogP contribution < -0.4 is 11.3 Å². The quantitative estimate of drug-likeness (QED) is 0.179. The van der Waals surface area contributed by atoms with Crippen LogP contribution in [-0.2, 0) is 32.0 Å². The predicted molar refractivity (Wildman–Crippen MR) is 161 cm³/mol. The zero-order chi connectivity index (χ0) is 31.9. The fraction of sp³-hybridized carbons (Fsp3) is 0.417. The molecular weight excluding hydrogens is 669 g/mol. The molecule has 9 atom stereocenters. The van der Waals surface area contributed by atoms with Gasteiger partial charge in [-0.1, -0.05) is 18.8 Å². The Labute approximate surface area is 262 Å². The highest BCUT2D eigenvalue weighted by Crippen LogP contribution is 2.59. The number of thiol groups is 1. The highest BCUT2D eigenvalue weighted by molar-refractivity contribution is 8.44. The molecule has 2 bridgehead atoms. The molecule has 3 aliphatic rings. The molecule has 18 nitrogen and oxygen atoms in total. The van der Waals surface area contributed by atoms with Gasteiger partial charge in [-0.15, -0.1) is 0 Å². The first-order valence-corrected chi connectivity index (χ1v) is 17.8. The molecule has 1 saturated carbocycles. The molecule has 0 radical (unpaired) electrons. The Morgan fingerprint density at radius 2 is 1.96 bits per heavy atom. The fourth-order valence-corrected chi connectivity index (χ4v) is 8.48. The number of H-pyrrole nitrogens is 1. The van der Waals surface area contributed by atoms with Gasteiger partial charge in [0.15, 0.2) is 29.4 Å². The second kappa shape index (κ2) is 11.0. The van der Waals surface area contributed by atoms with Crippen molar-refractivity contribution in [3.05, 3.63) is 54.1 Å². The Kier molecular flexibility index (Phi) is 7.09. The lowest BCUT2D eigenvalue weighted by atomic mass is 9.68. The average Bonchev–Trinajstić information content (AvgIpc) is 3.78. The normalized spacial score (nSPS) is 33.9. The number of aromatic nitrogens is 9. The van der Waals surface area contributed by atoms with E-state index in [1.54, 1.807) is 10.9 Å². The highest BCUT2D eigenvalue weighted by Gasteiger charge is 2.52. The van der Waals surface area contributed by atoms with E-state index in [1.807, 2.05) is 0 Å². The lowest BCUT2D eigenvalue weighted by Crippen LogP contribution is -2.42. The Hall–Kier alpha value is -3.64. The standard InChI is InChI=1S/C24H25FN10O8P2S/c1-10-14-11(4-12(14)34-8-30-16-19(26)28-7-29-20(16)34)5-40-45(38,46)43-18-15(25)13(6-39-44(37)42-10)41-23(18)35-9-31-17-21(35)32-24-27-2-3-33(24)22(17)36/h2-3,7-9,11-15,18,23,44H,1,4-6H2,(H,27,32)(H,38,46)(H2,26,28,29)/t11-,12-,13-,14-,15-,18-,23-,45+/m1/s1. The first kappa shape index (κ1) is 29.7. The van der Waals surface area contributed by atoms with Gasteiger partial charge in [-0.25, -0.2) is 42.8 Å². The molecule has 3 N–H and O–H groups in total. The summed E-state index contributed by atoms with van der Waals surface area (Å²) >= 11 is 4.16. The summed E-state index contributed by atoms with van der Waals surface area (Å²) in [5, 5.41) is 0. The third-order valence-corrected chi connectivity index (χ3v) is 10.9. The van der Waals surface area contributed by atoms with Crippen LogP contribution in [0.3, 0.4) is 0 Å². The number of hydrogen-bond acceptors (Lipinski definition) is 14. The number of fused-ring (bicyclic) bond motifs is 6. The van der Waals surface area contributed by atoms with Crippen LogP contribution in [0.1, 0.15) is 18.7 Å². The molecule has 2 saturated heterocycles. The lowest BCUT2D eigenvalue weighted by Gasteiger charge is -2.45. The summed E-state index contributed by atoms with van der Waals surface area (Å²) in [4.78, 5) is 36.8. The summed E-state index contributed by atoms with van der Waals surface area (Å²) in [6, 6.07) is -0.319. The van der Waals surface area contributed by atoms with Gasteiger partial charge >= 0.3 is 15.1 Å². The first-order valence-electron chi connectivity index (χ1n) is 13.9. The fourth-order valence-electron chi connectivity index (χ4n) is 6.28. The molecule has 8 rings (SSSR count). The molecule has 5 aromatic heterocycles. The van der Waals surface area contributed by atoms with Crippen molar-refractivity contribution < 1.29 is 36.4 Å². The maximum absolute atomic E-state index is 15.9. The summed E-state index contributed by atoms with van der Waals surface area (Å²) < 4.78 is 75.2. The van der Waals surface area contributed by atoms with Crippen molar-refractivity contribution in [1.82, 2.24) is 43.4 Å². The van der Waals surface area contributed by atoms with Crippen molar-refractivity contribution in [2.24, 2.45) is 11.8 Å². The van der Waals surface area contributed by atoms with Gasteiger partial charge < -0.3 is 29.1 Å². The number of ether oxygens (including phenoxy) is 1. The van der Waals surface area contributed by atoms with Crippen LogP contribution in [0.5, 0.6) is 0 Å². The van der Waals surface area contributed by atoms with Gasteiger partial charge in [-0.2, -0.15) is 0 Å². The number of nitrogen functional groups attached to an aromatic ring is 1. The van der Waals surface area contributed by atoms with Crippen LogP contribution in [0.25, 0.3) is 28.1 Å². The Balaban J connectivity index is 1.10. The molecular formula is C24H25FN10O8P2S. The molecule has 46 heavy (non-hydrogen) atoms. The Morgan fingerprint density at radius 1 is 1.15 bits per heavy atom. The molecule has 7 heterocycles. The zero-order valence-corrected chi connectivity index (χ0v) is 26.2. The van der Waals surface area contributed by atoms with Crippen molar-refractivity contribution in [2.75, 3.05) is 18.9 Å². The van der Waals surface area contributed by atoms with E-state index in [0.717, 1.165) is 0 Å². The van der Waals surface area contributed by atoms with E-state index in [1.165, 1.54) is 34.0 Å². The molecule has 242 valence electrons. The van der Waals surface area contributed by atoms with E-state index in [0.29, 0.717) is 17.6 Å². The molecule has 22 heteroatoms. The first-order chi connectivity index (χ1) is 22.1. The van der Waals surface area contributed by atoms with Gasteiger partial charge in [-0.05, 0) is 12.3 Å². The van der Waals surface area contributed by atoms with Crippen LogP contribution in [0.2, 0.25) is 0 Å². The maximum atomic E-state index is 15.9. The van der Waals surface area contributed by atoms with Crippen LogP contribution in [0, 0.1) is 11.8 Å². The minimum Gasteiger partial charge on any atom is -0.431 e. The van der Waals surface area contributed by atoms with Gasteiger partial charge in [0, 0.05) is 24.4 Å². The molecule has 1 unspecified atom stereocenters. The summed E-state index contributed by atoms with van der Waals surface area (Å²) in [7, 11) is -3.24. The van der Waals surface area contributed by atoms with Crippen molar-refractivity contribution in [1.29, 1.82) is 0 Å². The number of imidazole rings is 3. The largest absolute Gasteiger partial charge is 0.431 e. The number of hydrogen-bond donors (Lipinski definition) is 3. The smallest absolute Gasteiger partial charge is 0.386 e. The zero-order valence-electron chi connectivity index (χ0n) is 23.5. The molecule has 2 aliphatic heterocycles. The van der Waals surface area contributed by atoms with E-state index in [9.17, 15) is 13.9 Å². The van der Waals surface area contributed by atoms with E-state index < -0.39 is 57.7 Å². The van der Waals surface area contributed by atoms with Crippen LogP contribution in [0.15, 0.2) is 48.5 Å². The minimum absolute atomic E-state index is 0.0153. The summed E-state index contributed by atoms with van der Waals surface area (Å²) in [5.74, 6) is -0.340. The molecule has 0 aromatic carbocycles. The Bertz CT molecular complexity index is 2150. The van der Waals surface area contributed by atoms with Crippen LogP contribution in [0.4, 0.5) is 10.2 Å². The molecule has 1 aliphatic carbocycles. The molecule has 0 spiro atoms. The third kappa shape index (κ3) is 4.78. The van der Waals surface area contributed by atoms with Crippen molar-refractivity contribution in [3.63, 3.8) is 0 Å². The number of alkyl halides is 1. The van der Waals surface area contributed by atoms with Crippen LogP contribution >= 0.6 is 27.3 Å². The summed E-state index contributed by atoms with van der Waals surface area (Å²) in [6.07, 6.45) is 1.27. The van der Waals surface area contributed by atoms with Crippen molar-refractivity contribution >= 4 is 61.2 Å². The van der Waals surface area contributed by atoms with E-state index in [2.05, 4.69) is 48.7 Å². The molecule has 3 fully saturated rings. The van der Waals surface area contributed by atoms with Gasteiger partial charge in [0.05, 0.1) is 25.9 Å². The Morgan fingerprint density at radius 3 is 2.80 bits per heavy atom. The second-order valence-electron chi connectivity index (χ2n) is 11.0. The number of nitrogens with zero attached hydrogens (tertiary/aromatic N) is 8. The van der Waals surface area contributed by atoms with Crippen LogP contribution in [-0.4, -0.2) is 75.0 Å². The molecule has 5 aromatic rings. The number of nitrogens with one attached hydrogen (secondary N) is 1. The number of allylic oxidation sites excluding steroid dienone is 1. The van der Waals surface area contributed by atoms with E-state index in [4.69, 9.17) is 28.6 Å². The van der Waals surface area contributed by atoms with E-state index in [-0.39, 0.29) is 47.1 Å². The molecule has 0 amide bonds. The minimum atomic E-state index is -4.24. The number of nitrogens with two attached hydrogens (primary N) is 1. The SMILES string of the molecule is C=C1O[PH](=O)OC[C@H]2O[C@@H](n3cnc4c(=O)n5ccnc5[nH]c43)[C@H](O[P@@](=O)(S)OC[C@H]3C[C@@H](n4cnc5c(N)ncnc54)[C@H]13)[C@@H]2F. The number of aromatic amines is 1. The number of halogens is 1. The topological polar surface area (TPSA) is 218 Å². The summed E-state index contributed by atoms with van der Waals surface area (Å²) in [5.41, 5.74) is 6.53. The number of rotatable bonds is 2. The maximum Gasteiger partial charge on any atom is 0.386 e. The lowest BCUT2D eigenvalue weighted by molar-refractivity contribution is -0.0435. The summed E-state index contributed by atoms with van der Waals surface area (Å²) in [6.45, 7) is -0.943. The van der Waals surface area contributed by atoms with Gasteiger partial charge in [0.25, 0.3) is 5.56 Å². The van der Waals surface area contributed by atoms with Gasteiger partial charge in [0.2, 0.25) is 5.78 Å².